The van der Waals surface area contributed by atoms with Crippen molar-refractivity contribution in [3.05, 3.63) is 35.5 Å². The van der Waals surface area contributed by atoms with Crippen LogP contribution in [0.5, 0.6) is 11.5 Å². The van der Waals surface area contributed by atoms with Gasteiger partial charge >= 0.3 is 0 Å². The number of fused-ring (bicyclic) bond motifs is 2. The molecule has 5 rings (SSSR count). The first-order valence-corrected chi connectivity index (χ1v) is 8.23. The van der Waals surface area contributed by atoms with E-state index in [1.807, 2.05) is 4.90 Å². The number of para-hydroxylation sites is 1. The fourth-order valence-electron chi connectivity index (χ4n) is 3.96. The first-order chi connectivity index (χ1) is 12.2. The SMILES string of the molecule is Cc1nnc([C@]23COC[C@H]2CN(C(=O)c2cccc4c2OCO4)C3)o1. The molecule has 1 aromatic heterocycles. The average Bonchev–Trinajstić information content (AvgIpc) is 3.35. The van der Waals surface area contributed by atoms with Crippen LogP contribution in [-0.4, -0.2) is 54.1 Å². The number of hydrogen-bond donors (Lipinski definition) is 0. The van der Waals surface area contributed by atoms with Crippen LogP contribution in [0.4, 0.5) is 0 Å². The summed E-state index contributed by atoms with van der Waals surface area (Å²) in [6.45, 7) is 4.04. The van der Waals surface area contributed by atoms with E-state index in [1.165, 1.54) is 0 Å². The minimum atomic E-state index is -0.424. The molecule has 0 unspecified atom stereocenters. The molecule has 130 valence electrons. The predicted molar refractivity (Wildman–Crippen MR) is 83.5 cm³/mol. The van der Waals surface area contributed by atoms with Crippen molar-refractivity contribution in [3.8, 4) is 11.5 Å². The quantitative estimate of drug-likeness (QED) is 0.808. The number of carbonyl (C=O) groups excluding carboxylic acids is 1. The van der Waals surface area contributed by atoms with Crippen LogP contribution in [-0.2, 0) is 10.2 Å². The summed E-state index contributed by atoms with van der Waals surface area (Å²) in [6, 6.07) is 5.37. The topological polar surface area (TPSA) is 86.9 Å². The fraction of sp³-hybridized carbons (Fsp3) is 0.471. The van der Waals surface area contributed by atoms with Crippen molar-refractivity contribution in [2.24, 2.45) is 5.92 Å². The highest BCUT2D eigenvalue weighted by molar-refractivity contribution is 5.98. The standard InChI is InChI=1S/C17H17N3O5/c1-10-18-19-16(25-10)17-7-20(5-11(17)6-22-8-17)15(21)12-3-2-4-13-14(12)24-9-23-13/h2-4,11H,5-9H2,1H3/t11-,17-/m1/s1. The van der Waals surface area contributed by atoms with Crippen LogP contribution >= 0.6 is 0 Å². The molecule has 0 bridgehead atoms. The minimum Gasteiger partial charge on any atom is -0.454 e. The van der Waals surface area contributed by atoms with Gasteiger partial charge in [0.2, 0.25) is 18.6 Å². The number of amides is 1. The zero-order chi connectivity index (χ0) is 17.0. The van der Waals surface area contributed by atoms with E-state index >= 15 is 0 Å². The third-order valence-corrected chi connectivity index (χ3v) is 5.24. The summed E-state index contributed by atoms with van der Waals surface area (Å²) >= 11 is 0. The number of ether oxygens (including phenoxy) is 3. The van der Waals surface area contributed by atoms with Crippen molar-refractivity contribution in [1.29, 1.82) is 0 Å². The van der Waals surface area contributed by atoms with Crippen molar-refractivity contribution >= 4 is 5.91 Å². The third kappa shape index (κ3) is 2.07. The molecule has 0 aliphatic carbocycles. The van der Waals surface area contributed by atoms with Crippen molar-refractivity contribution in [2.45, 2.75) is 12.3 Å². The smallest absolute Gasteiger partial charge is 0.257 e. The van der Waals surface area contributed by atoms with Gasteiger partial charge in [0, 0.05) is 25.9 Å². The molecular formula is C17H17N3O5. The Morgan fingerprint density at radius 2 is 2.24 bits per heavy atom. The number of aromatic nitrogens is 2. The number of carbonyl (C=O) groups is 1. The van der Waals surface area contributed by atoms with Crippen LogP contribution in [0.3, 0.4) is 0 Å². The number of nitrogens with zero attached hydrogens (tertiary/aromatic N) is 3. The van der Waals surface area contributed by atoms with Crippen molar-refractivity contribution < 1.29 is 23.4 Å². The Labute approximate surface area is 143 Å². The highest BCUT2D eigenvalue weighted by atomic mass is 16.7. The van der Waals surface area contributed by atoms with Crippen LogP contribution in [0.2, 0.25) is 0 Å². The van der Waals surface area contributed by atoms with E-state index in [-0.39, 0.29) is 18.6 Å². The van der Waals surface area contributed by atoms with Gasteiger partial charge in [0.15, 0.2) is 11.5 Å². The lowest BCUT2D eigenvalue weighted by atomic mass is 9.81. The molecule has 0 saturated carbocycles. The number of likely N-dealkylation sites (tertiary alicyclic amines) is 1. The maximum atomic E-state index is 13.1. The van der Waals surface area contributed by atoms with Gasteiger partial charge in [-0.05, 0) is 12.1 Å². The molecular weight excluding hydrogens is 326 g/mol. The number of benzene rings is 1. The first-order valence-electron chi connectivity index (χ1n) is 8.23. The maximum absolute atomic E-state index is 13.1. The molecule has 2 saturated heterocycles. The van der Waals surface area contributed by atoms with Crippen molar-refractivity contribution in [1.82, 2.24) is 15.1 Å². The molecule has 3 aliphatic rings. The number of aryl methyl sites for hydroxylation is 1. The van der Waals surface area contributed by atoms with Crippen molar-refractivity contribution in [3.63, 3.8) is 0 Å². The van der Waals surface area contributed by atoms with Gasteiger partial charge in [-0.1, -0.05) is 6.07 Å². The fourth-order valence-corrected chi connectivity index (χ4v) is 3.96. The second-order valence-electron chi connectivity index (χ2n) is 6.72. The highest BCUT2D eigenvalue weighted by Gasteiger charge is 2.56. The van der Waals surface area contributed by atoms with E-state index in [0.717, 1.165) is 0 Å². The van der Waals surface area contributed by atoms with Gasteiger partial charge in [-0.2, -0.15) is 0 Å². The van der Waals surface area contributed by atoms with Crippen LogP contribution in [0, 0.1) is 12.8 Å². The molecule has 8 nitrogen and oxygen atoms in total. The summed E-state index contributed by atoms with van der Waals surface area (Å²) in [7, 11) is 0. The molecule has 0 radical (unpaired) electrons. The molecule has 0 spiro atoms. The Hall–Kier alpha value is -2.61. The van der Waals surface area contributed by atoms with E-state index in [1.54, 1.807) is 25.1 Å². The lowest BCUT2D eigenvalue weighted by molar-refractivity contribution is 0.0733. The summed E-state index contributed by atoms with van der Waals surface area (Å²) in [5.41, 5.74) is 0.0967. The summed E-state index contributed by atoms with van der Waals surface area (Å²) < 4.78 is 22.2. The van der Waals surface area contributed by atoms with Gasteiger partial charge in [0.05, 0.1) is 24.2 Å². The lowest BCUT2D eigenvalue weighted by Crippen LogP contribution is -2.37. The van der Waals surface area contributed by atoms with E-state index in [9.17, 15) is 4.79 Å². The van der Waals surface area contributed by atoms with Crippen molar-refractivity contribution in [2.75, 3.05) is 33.1 Å². The third-order valence-electron chi connectivity index (χ3n) is 5.24. The molecule has 2 fully saturated rings. The van der Waals surface area contributed by atoms with Gasteiger partial charge in [0.1, 0.15) is 0 Å². The van der Waals surface area contributed by atoms with Gasteiger partial charge in [-0.15, -0.1) is 10.2 Å². The van der Waals surface area contributed by atoms with Crippen LogP contribution in [0.1, 0.15) is 22.1 Å². The molecule has 1 aromatic carbocycles. The lowest BCUT2D eigenvalue weighted by Gasteiger charge is -2.23. The molecule has 1 amide bonds. The van der Waals surface area contributed by atoms with E-state index in [4.69, 9.17) is 18.6 Å². The minimum absolute atomic E-state index is 0.0765. The van der Waals surface area contributed by atoms with E-state index in [2.05, 4.69) is 10.2 Å². The Kier molecular flexibility index (Phi) is 3.05. The Bertz CT molecular complexity index is 851. The van der Waals surface area contributed by atoms with E-state index < -0.39 is 5.41 Å². The first kappa shape index (κ1) is 14.7. The molecule has 2 atom stereocenters. The molecule has 3 aliphatic heterocycles. The summed E-state index contributed by atoms with van der Waals surface area (Å²) in [6.07, 6.45) is 0. The molecule has 4 heterocycles. The molecule has 2 aromatic rings. The maximum Gasteiger partial charge on any atom is 0.257 e. The average molecular weight is 343 g/mol. The molecule has 0 N–H and O–H groups in total. The zero-order valence-corrected chi connectivity index (χ0v) is 13.7. The number of rotatable bonds is 2. The zero-order valence-electron chi connectivity index (χ0n) is 13.7. The Morgan fingerprint density at radius 1 is 1.32 bits per heavy atom. The Balaban J connectivity index is 1.47. The highest BCUT2D eigenvalue weighted by Crippen LogP contribution is 2.44. The second kappa shape index (κ2) is 5.19. The van der Waals surface area contributed by atoms with Crippen LogP contribution in [0.15, 0.2) is 22.6 Å². The van der Waals surface area contributed by atoms with Gasteiger partial charge in [-0.25, -0.2) is 0 Å². The molecule has 25 heavy (non-hydrogen) atoms. The van der Waals surface area contributed by atoms with Gasteiger partial charge < -0.3 is 23.5 Å². The normalized spacial score (nSPS) is 26.9. The largest absolute Gasteiger partial charge is 0.454 e. The second-order valence-corrected chi connectivity index (χ2v) is 6.72. The predicted octanol–water partition coefficient (Wildman–Crippen LogP) is 1.15. The van der Waals surface area contributed by atoms with Gasteiger partial charge in [0.25, 0.3) is 5.91 Å². The number of hydrogen-bond acceptors (Lipinski definition) is 7. The van der Waals surface area contributed by atoms with Gasteiger partial charge in [-0.3, -0.25) is 4.79 Å². The van der Waals surface area contributed by atoms with Crippen LogP contribution < -0.4 is 9.47 Å². The summed E-state index contributed by atoms with van der Waals surface area (Å²) in [4.78, 5) is 14.9. The summed E-state index contributed by atoms with van der Waals surface area (Å²) in [5.74, 6) is 2.27. The van der Waals surface area contributed by atoms with Crippen LogP contribution in [0.25, 0.3) is 0 Å². The molecule has 8 heteroatoms. The van der Waals surface area contributed by atoms with E-state index in [0.29, 0.717) is 55.1 Å². The summed E-state index contributed by atoms with van der Waals surface area (Å²) in [5, 5.41) is 8.16. The Morgan fingerprint density at radius 3 is 3.08 bits per heavy atom. The monoisotopic (exact) mass is 343 g/mol.